The van der Waals surface area contributed by atoms with Crippen LogP contribution >= 0.6 is 0 Å². The molecule has 0 spiro atoms. The van der Waals surface area contributed by atoms with E-state index in [2.05, 4.69) is 38.2 Å². The average molecular weight is 395 g/mol. The van der Waals surface area contributed by atoms with Crippen molar-refractivity contribution >= 4 is 11.8 Å². The number of hydrogen-bond acceptors (Lipinski definition) is 3. The molecule has 5 heteroatoms. The van der Waals surface area contributed by atoms with Crippen molar-refractivity contribution < 1.29 is 14.3 Å². The molecule has 5 nitrogen and oxygen atoms in total. The zero-order valence-electron chi connectivity index (χ0n) is 17.6. The summed E-state index contributed by atoms with van der Waals surface area (Å²) in [6, 6.07) is 15.3. The van der Waals surface area contributed by atoms with Crippen molar-refractivity contribution in [1.29, 1.82) is 0 Å². The molecule has 0 saturated carbocycles. The summed E-state index contributed by atoms with van der Waals surface area (Å²) in [6.45, 7) is 7.79. The van der Waals surface area contributed by atoms with Gasteiger partial charge in [-0.2, -0.15) is 0 Å². The largest absolute Gasteiger partial charge is 0.497 e. The highest BCUT2D eigenvalue weighted by atomic mass is 16.5. The lowest BCUT2D eigenvalue weighted by molar-refractivity contribution is -0.125. The van der Waals surface area contributed by atoms with Gasteiger partial charge in [0.25, 0.3) is 5.91 Å². The Morgan fingerprint density at radius 3 is 2.59 bits per heavy atom. The number of carbonyl (C=O) groups excluding carboxylic acids is 2. The van der Waals surface area contributed by atoms with E-state index in [9.17, 15) is 9.59 Å². The number of hydrogen-bond donors (Lipinski definition) is 1. The Bertz CT molecular complexity index is 878. The Hall–Kier alpha value is -2.82. The quantitative estimate of drug-likeness (QED) is 0.814. The number of aryl methyl sites for hydroxylation is 1. The number of carbonyl (C=O) groups is 2. The highest BCUT2D eigenvalue weighted by molar-refractivity contribution is 5.95. The van der Waals surface area contributed by atoms with Gasteiger partial charge in [0.1, 0.15) is 5.75 Å². The summed E-state index contributed by atoms with van der Waals surface area (Å²) < 4.78 is 5.25. The molecule has 1 saturated heterocycles. The maximum absolute atomic E-state index is 13.1. The van der Waals surface area contributed by atoms with Crippen LogP contribution in [0.2, 0.25) is 0 Å². The van der Waals surface area contributed by atoms with Crippen molar-refractivity contribution in [2.75, 3.05) is 26.7 Å². The molecule has 1 heterocycles. The van der Waals surface area contributed by atoms with Gasteiger partial charge in [0.05, 0.1) is 13.0 Å². The van der Waals surface area contributed by atoms with Crippen LogP contribution in [-0.2, 0) is 4.79 Å². The predicted molar refractivity (Wildman–Crippen MR) is 114 cm³/mol. The second kappa shape index (κ2) is 9.12. The number of nitrogens with zero attached hydrogens (tertiary/aromatic N) is 1. The zero-order chi connectivity index (χ0) is 21.0. The molecule has 2 aromatic carbocycles. The smallest absolute Gasteiger partial charge is 0.254 e. The summed E-state index contributed by atoms with van der Waals surface area (Å²) in [5, 5.41) is 3.06. The summed E-state index contributed by atoms with van der Waals surface area (Å²) in [5.74, 6) is 0.709. The van der Waals surface area contributed by atoms with E-state index < -0.39 is 0 Å². The van der Waals surface area contributed by atoms with Gasteiger partial charge in [-0.3, -0.25) is 9.59 Å². The van der Waals surface area contributed by atoms with Gasteiger partial charge in [-0.05, 0) is 42.2 Å². The molecule has 29 heavy (non-hydrogen) atoms. The van der Waals surface area contributed by atoms with Gasteiger partial charge >= 0.3 is 0 Å². The van der Waals surface area contributed by atoms with E-state index >= 15 is 0 Å². The normalized spacial score (nSPS) is 18.7. The van der Waals surface area contributed by atoms with E-state index in [1.807, 2.05) is 24.3 Å². The van der Waals surface area contributed by atoms with Gasteiger partial charge in [-0.1, -0.05) is 44.2 Å². The Morgan fingerprint density at radius 1 is 1.14 bits per heavy atom. The Morgan fingerprint density at radius 2 is 1.90 bits per heavy atom. The molecule has 0 bridgehead atoms. The zero-order valence-corrected chi connectivity index (χ0v) is 17.6. The van der Waals surface area contributed by atoms with Gasteiger partial charge in [0.15, 0.2) is 0 Å². The average Bonchev–Trinajstić information content (AvgIpc) is 3.17. The van der Waals surface area contributed by atoms with Gasteiger partial charge in [-0.15, -0.1) is 0 Å². The summed E-state index contributed by atoms with van der Waals surface area (Å²) in [4.78, 5) is 27.9. The predicted octanol–water partition coefficient (Wildman–Crippen LogP) is 3.63. The monoisotopic (exact) mass is 394 g/mol. The third kappa shape index (κ3) is 4.78. The topological polar surface area (TPSA) is 58.6 Å². The first-order valence-corrected chi connectivity index (χ1v) is 10.2. The molecule has 1 aliphatic rings. The number of nitrogens with one attached hydrogen (secondary N) is 1. The maximum atomic E-state index is 13.1. The van der Waals surface area contributed by atoms with Crippen LogP contribution < -0.4 is 10.1 Å². The molecule has 0 radical (unpaired) electrons. The number of methoxy groups -OCH3 is 1. The number of likely N-dealkylation sites (tertiary alicyclic amines) is 1. The fraction of sp³-hybridized carbons (Fsp3) is 0.417. The molecule has 2 unspecified atom stereocenters. The standard InChI is InChI=1S/C24H30N2O3/c1-16(2)13-25-23(27)22-15-26(14-21(22)20-11-6-5-8-17(20)3)24(28)18-9-7-10-19(12-18)29-4/h5-12,16,21-22H,13-15H2,1-4H3,(H,25,27). The third-order valence-corrected chi connectivity index (χ3v) is 5.53. The van der Waals surface area contributed by atoms with Crippen molar-refractivity contribution in [2.45, 2.75) is 26.7 Å². The van der Waals surface area contributed by atoms with Crippen molar-refractivity contribution in [3.05, 3.63) is 65.2 Å². The van der Waals surface area contributed by atoms with E-state index in [0.717, 1.165) is 11.1 Å². The highest BCUT2D eigenvalue weighted by Crippen LogP contribution is 2.35. The molecular weight excluding hydrogens is 364 g/mol. The SMILES string of the molecule is COc1cccc(C(=O)N2CC(C(=O)NCC(C)C)C(c3ccccc3C)C2)c1. The van der Waals surface area contributed by atoms with E-state index in [1.54, 1.807) is 24.1 Å². The second-order valence-corrected chi connectivity index (χ2v) is 8.15. The Labute approximate surface area is 173 Å². The molecule has 0 aliphatic carbocycles. The highest BCUT2D eigenvalue weighted by Gasteiger charge is 2.41. The number of benzene rings is 2. The molecule has 2 amide bonds. The minimum Gasteiger partial charge on any atom is -0.497 e. The van der Waals surface area contributed by atoms with Crippen LogP contribution in [0.1, 0.15) is 41.3 Å². The molecular formula is C24H30N2O3. The van der Waals surface area contributed by atoms with Gasteiger partial charge in [0.2, 0.25) is 5.91 Å². The molecule has 2 atom stereocenters. The van der Waals surface area contributed by atoms with E-state index in [4.69, 9.17) is 4.74 Å². The van der Waals surface area contributed by atoms with Gasteiger partial charge in [-0.25, -0.2) is 0 Å². The Balaban J connectivity index is 1.86. The van der Waals surface area contributed by atoms with E-state index in [1.165, 1.54) is 0 Å². The summed E-state index contributed by atoms with van der Waals surface area (Å²) >= 11 is 0. The van der Waals surface area contributed by atoms with E-state index in [0.29, 0.717) is 36.9 Å². The van der Waals surface area contributed by atoms with E-state index in [-0.39, 0.29) is 23.7 Å². The lowest BCUT2D eigenvalue weighted by atomic mass is 9.86. The van der Waals surface area contributed by atoms with Crippen LogP contribution in [-0.4, -0.2) is 43.5 Å². The number of amides is 2. The molecule has 1 N–H and O–H groups in total. The maximum Gasteiger partial charge on any atom is 0.254 e. The Kier molecular flexibility index (Phi) is 6.57. The summed E-state index contributed by atoms with van der Waals surface area (Å²) in [5.41, 5.74) is 2.86. The van der Waals surface area contributed by atoms with Gasteiger partial charge in [0, 0.05) is 31.1 Å². The molecule has 3 rings (SSSR count). The van der Waals surface area contributed by atoms with Crippen molar-refractivity contribution in [2.24, 2.45) is 11.8 Å². The minimum absolute atomic E-state index is 0.0158. The van der Waals surface area contributed by atoms with Gasteiger partial charge < -0.3 is 15.0 Å². The minimum atomic E-state index is -0.260. The summed E-state index contributed by atoms with van der Waals surface area (Å²) in [7, 11) is 1.59. The summed E-state index contributed by atoms with van der Waals surface area (Å²) in [6.07, 6.45) is 0. The van der Waals surface area contributed by atoms with Crippen LogP contribution in [0.15, 0.2) is 48.5 Å². The number of ether oxygens (including phenoxy) is 1. The van der Waals surface area contributed by atoms with Crippen LogP contribution in [0.4, 0.5) is 0 Å². The first-order valence-electron chi connectivity index (χ1n) is 10.2. The lowest BCUT2D eigenvalue weighted by Crippen LogP contribution is -2.37. The fourth-order valence-corrected chi connectivity index (χ4v) is 3.93. The molecule has 154 valence electrons. The fourth-order valence-electron chi connectivity index (χ4n) is 3.93. The second-order valence-electron chi connectivity index (χ2n) is 8.15. The lowest BCUT2D eigenvalue weighted by Gasteiger charge is -2.20. The van der Waals surface area contributed by atoms with Crippen molar-refractivity contribution in [1.82, 2.24) is 10.2 Å². The number of rotatable bonds is 6. The molecule has 2 aromatic rings. The van der Waals surface area contributed by atoms with Crippen LogP contribution in [0, 0.1) is 18.8 Å². The third-order valence-electron chi connectivity index (χ3n) is 5.53. The first kappa shape index (κ1) is 20.9. The van der Waals surface area contributed by atoms with Crippen LogP contribution in [0.3, 0.4) is 0 Å². The molecule has 0 aromatic heterocycles. The van der Waals surface area contributed by atoms with Crippen LogP contribution in [0.5, 0.6) is 5.75 Å². The molecule has 1 aliphatic heterocycles. The molecule has 1 fully saturated rings. The van der Waals surface area contributed by atoms with Crippen molar-refractivity contribution in [3.63, 3.8) is 0 Å². The first-order chi connectivity index (χ1) is 13.9. The van der Waals surface area contributed by atoms with Crippen molar-refractivity contribution in [3.8, 4) is 5.75 Å². The van der Waals surface area contributed by atoms with Crippen LogP contribution in [0.25, 0.3) is 0 Å².